The Morgan fingerprint density at radius 3 is 1.69 bits per heavy atom. The largest absolute Gasteiger partial charge is 0.106 e. The van der Waals surface area contributed by atoms with Gasteiger partial charge in [-0.25, -0.2) is 0 Å². The standard InChI is InChI=1S/C9H10.C3H8.C2H6.C2H4/c1-3-9-7-5-4-6-8(9)2;1-3-2;2*1-2/h3-7H,1H2,2H3;3H2,1-2H3;1-2H3;1-2H2. The third kappa shape index (κ3) is 12.7. The first kappa shape index (κ1) is 20.2. The van der Waals surface area contributed by atoms with Crippen molar-refractivity contribution < 1.29 is 0 Å². The summed E-state index contributed by atoms with van der Waals surface area (Å²) in [7, 11) is 0. The molecule has 1 aromatic carbocycles. The normalized spacial score (nSPS) is 6.81. The van der Waals surface area contributed by atoms with Gasteiger partial charge in [-0.1, -0.05) is 71.0 Å². The maximum absolute atomic E-state index is 3.69. The predicted octanol–water partition coefficient (Wildman–Crippen LogP) is 5.88. The summed E-state index contributed by atoms with van der Waals surface area (Å²) >= 11 is 0. The Bertz CT molecular complexity index is 236. The molecule has 0 radical (unpaired) electrons. The average Bonchev–Trinajstić information content (AvgIpc) is 2.36. The highest BCUT2D eigenvalue weighted by molar-refractivity contribution is 5.50. The van der Waals surface area contributed by atoms with E-state index in [1.54, 1.807) is 0 Å². The fraction of sp³-hybridized carbons (Fsp3) is 0.375. The fourth-order valence-electron chi connectivity index (χ4n) is 0.816. The zero-order valence-corrected chi connectivity index (χ0v) is 11.7. The first-order valence-electron chi connectivity index (χ1n) is 5.94. The molecule has 0 saturated carbocycles. The molecule has 0 spiro atoms. The Morgan fingerprint density at radius 2 is 1.44 bits per heavy atom. The van der Waals surface area contributed by atoms with Crippen LogP contribution in [-0.4, -0.2) is 0 Å². The Hall–Kier alpha value is -1.30. The van der Waals surface area contributed by atoms with E-state index < -0.39 is 0 Å². The highest BCUT2D eigenvalue weighted by atomic mass is 13.9. The Morgan fingerprint density at radius 1 is 1.06 bits per heavy atom. The van der Waals surface area contributed by atoms with Crippen LogP contribution in [0.25, 0.3) is 6.08 Å². The maximum Gasteiger partial charge on any atom is -0.0233 e. The van der Waals surface area contributed by atoms with E-state index in [0.29, 0.717) is 0 Å². The first-order chi connectivity index (χ1) is 7.76. The number of hydrogen-bond donors (Lipinski definition) is 0. The number of hydrogen-bond acceptors (Lipinski definition) is 0. The Kier molecular flexibility index (Phi) is 24.3. The molecule has 0 aliphatic heterocycles. The maximum atomic E-state index is 3.69. The zero-order chi connectivity index (χ0) is 13.4. The summed E-state index contributed by atoms with van der Waals surface area (Å²) in [5.74, 6) is 0. The van der Waals surface area contributed by atoms with Gasteiger partial charge in [0, 0.05) is 0 Å². The molecule has 0 heterocycles. The van der Waals surface area contributed by atoms with Crippen LogP contribution in [0, 0.1) is 6.92 Å². The molecule has 0 aromatic heterocycles. The van der Waals surface area contributed by atoms with Gasteiger partial charge in [0.15, 0.2) is 0 Å². The highest BCUT2D eigenvalue weighted by Gasteiger charge is 1.86. The lowest BCUT2D eigenvalue weighted by Gasteiger charge is -1.95. The molecule has 0 fully saturated rings. The van der Waals surface area contributed by atoms with Crippen LogP contribution in [0.1, 0.15) is 45.2 Å². The van der Waals surface area contributed by atoms with Crippen molar-refractivity contribution in [1.82, 2.24) is 0 Å². The minimum absolute atomic E-state index is 1.22. The average molecular weight is 220 g/mol. The van der Waals surface area contributed by atoms with Crippen LogP contribution in [0.5, 0.6) is 0 Å². The van der Waals surface area contributed by atoms with Crippen LogP contribution in [-0.2, 0) is 0 Å². The van der Waals surface area contributed by atoms with E-state index in [9.17, 15) is 0 Å². The lowest BCUT2D eigenvalue weighted by atomic mass is 10.1. The lowest BCUT2D eigenvalue weighted by molar-refractivity contribution is 1.09. The SMILES string of the molecule is C=C.C=Cc1ccccc1C.CC.CCC. The number of benzene rings is 1. The van der Waals surface area contributed by atoms with E-state index in [-0.39, 0.29) is 0 Å². The Labute approximate surface area is 103 Å². The molecule has 1 rings (SSSR count). The van der Waals surface area contributed by atoms with Gasteiger partial charge in [-0.15, -0.1) is 13.2 Å². The van der Waals surface area contributed by atoms with E-state index in [1.165, 1.54) is 17.5 Å². The summed E-state index contributed by atoms with van der Waals surface area (Å²) in [6.07, 6.45) is 3.12. The minimum atomic E-state index is 1.22. The molecule has 0 nitrogen and oxygen atoms in total. The van der Waals surface area contributed by atoms with Crippen molar-refractivity contribution in [2.24, 2.45) is 0 Å². The summed E-state index contributed by atoms with van der Waals surface area (Å²) in [5, 5.41) is 0. The van der Waals surface area contributed by atoms with Crippen molar-refractivity contribution >= 4 is 6.08 Å². The molecule has 0 N–H and O–H groups in total. The molecule has 0 unspecified atom stereocenters. The van der Waals surface area contributed by atoms with Gasteiger partial charge in [-0.3, -0.25) is 0 Å². The van der Waals surface area contributed by atoms with Crippen LogP contribution in [0.2, 0.25) is 0 Å². The quantitative estimate of drug-likeness (QED) is 0.518. The van der Waals surface area contributed by atoms with E-state index in [0.717, 1.165) is 0 Å². The van der Waals surface area contributed by atoms with Gasteiger partial charge in [0.2, 0.25) is 0 Å². The van der Waals surface area contributed by atoms with Crippen LogP contribution >= 0.6 is 0 Å². The summed E-state index contributed by atoms with van der Waals surface area (Å²) in [5.41, 5.74) is 2.50. The zero-order valence-electron chi connectivity index (χ0n) is 11.7. The van der Waals surface area contributed by atoms with Gasteiger partial charge in [0.25, 0.3) is 0 Å². The fourth-order valence-corrected chi connectivity index (χ4v) is 0.816. The van der Waals surface area contributed by atoms with Crippen LogP contribution < -0.4 is 0 Å². The molecule has 0 aliphatic carbocycles. The number of aryl methyl sites for hydroxylation is 1. The van der Waals surface area contributed by atoms with Gasteiger partial charge >= 0.3 is 0 Å². The van der Waals surface area contributed by atoms with Gasteiger partial charge in [-0.2, -0.15) is 0 Å². The van der Waals surface area contributed by atoms with E-state index in [2.05, 4.69) is 52.6 Å². The van der Waals surface area contributed by atoms with Crippen molar-refractivity contribution in [3.05, 3.63) is 55.1 Å². The van der Waals surface area contributed by atoms with Crippen molar-refractivity contribution in [3.8, 4) is 0 Å². The van der Waals surface area contributed by atoms with Crippen LogP contribution in [0.4, 0.5) is 0 Å². The van der Waals surface area contributed by atoms with E-state index in [1.807, 2.05) is 32.1 Å². The molecule has 0 atom stereocenters. The second-order valence-corrected chi connectivity index (χ2v) is 2.77. The summed E-state index contributed by atoms with van der Waals surface area (Å²) in [4.78, 5) is 0. The summed E-state index contributed by atoms with van der Waals surface area (Å²) in [6.45, 7) is 20.0. The van der Waals surface area contributed by atoms with Crippen molar-refractivity contribution in [1.29, 1.82) is 0 Å². The van der Waals surface area contributed by atoms with Gasteiger partial charge in [0.05, 0.1) is 0 Å². The molecule has 1 aromatic rings. The predicted molar refractivity (Wildman–Crippen MR) is 79.8 cm³/mol. The van der Waals surface area contributed by atoms with E-state index >= 15 is 0 Å². The molecule has 0 aliphatic rings. The van der Waals surface area contributed by atoms with Crippen molar-refractivity contribution in [2.75, 3.05) is 0 Å². The molecular weight excluding hydrogens is 192 g/mol. The highest BCUT2D eigenvalue weighted by Crippen LogP contribution is 2.06. The summed E-state index contributed by atoms with van der Waals surface area (Å²) in [6, 6.07) is 8.19. The molecular formula is C16H28. The van der Waals surface area contributed by atoms with Crippen LogP contribution in [0.3, 0.4) is 0 Å². The molecule has 0 bridgehead atoms. The molecule has 0 saturated heterocycles. The van der Waals surface area contributed by atoms with Gasteiger partial charge in [0.1, 0.15) is 0 Å². The van der Waals surface area contributed by atoms with E-state index in [4.69, 9.17) is 0 Å². The lowest BCUT2D eigenvalue weighted by Crippen LogP contribution is -1.75. The smallest absolute Gasteiger partial charge is 0.0233 e. The Balaban J connectivity index is -0.000000206. The molecule has 0 amide bonds. The monoisotopic (exact) mass is 220 g/mol. The summed E-state index contributed by atoms with van der Waals surface area (Å²) < 4.78 is 0. The van der Waals surface area contributed by atoms with Crippen LogP contribution in [0.15, 0.2) is 44.0 Å². The minimum Gasteiger partial charge on any atom is -0.106 e. The topological polar surface area (TPSA) is 0 Å². The number of rotatable bonds is 1. The third-order valence-electron chi connectivity index (χ3n) is 1.41. The molecule has 16 heavy (non-hydrogen) atoms. The molecule has 0 heteroatoms. The second-order valence-electron chi connectivity index (χ2n) is 2.77. The van der Waals surface area contributed by atoms with Gasteiger partial charge < -0.3 is 0 Å². The second kappa shape index (κ2) is 19.3. The first-order valence-corrected chi connectivity index (χ1v) is 5.94. The van der Waals surface area contributed by atoms with Crippen molar-refractivity contribution in [3.63, 3.8) is 0 Å². The molecule has 92 valence electrons. The van der Waals surface area contributed by atoms with Gasteiger partial charge in [-0.05, 0) is 18.1 Å². The third-order valence-corrected chi connectivity index (χ3v) is 1.41. The van der Waals surface area contributed by atoms with Crippen molar-refractivity contribution in [2.45, 2.75) is 41.0 Å².